The average molecular weight is 230 g/mol. The van der Waals surface area contributed by atoms with Crippen molar-refractivity contribution in [3.63, 3.8) is 0 Å². The first kappa shape index (κ1) is 13.9. The molecule has 1 aliphatic rings. The van der Waals surface area contributed by atoms with Gasteiger partial charge >= 0.3 is 0 Å². The van der Waals surface area contributed by atoms with Crippen LogP contribution in [0.5, 0.6) is 0 Å². The van der Waals surface area contributed by atoms with E-state index in [-0.39, 0.29) is 17.7 Å². The van der Waals surface area contributed by atoms with Crippen LogP contribution in [-0.2, 0) is 9.47 Å². The SMILES string of the molecule is CN(C)C(C)(C)COCC1CCC(CN)O1. The van der Waals surface area contributed by atoms with Gasteiger partial charge in [-0.15, -0.1) is 0 Å². The summed E-state index contributed by atoms with van der Waals surface area (Å²) in [5, 5.41) is 0. The van der Waals surface area contributed by atoms with Gasteiger partial charge in [0, 0.05) is 12.1 Å². The third-order valence-corrected chi connectivity index (χ3v) is 3.43. The molecule has 2 atom stereocenters. The van der Waals surface area contributed by atoms with Gasteiger partial charge in [-0.2, -0.15) is 0 Å². The van der Waals surface area contributed by atoms with E-state index in [2.05, 4.69) is 32.8 Å². The third-order valence-electron chi connectivity index (χ3n) is 3.43. The second-order valence-electron chi connectivity index (χ2n) is 5.42. The second kappa shape index (κ2) is 5.96. The van der Waals surface area contributed by atoms with E-state index in [1.165, 1.54) is 0 Å². The van der Waals surface area contributed by atoms with E-state index in [0.29, 0.717) is 13.2 Å². The molecule has 0 aromatic rings. The number of nitrogens with zero attached hydrogens (tertiary/aromatic N) is 1. The standard InChI is InChI=1S/C12H26N2O2/c1-12(2,14(3)4)9-15-8-11-6-5-10(7-13)16-11/h10-11H,5-9,13H2,1-4H3. The lowest BCUT2D eigenvalue weighted by Crippen LogP contribution is -2.43. The van der Waals surface area contributed by atoms with Gasteiger partial charge in [0.15, 0.2) is 0 Å². The number of hydrogen-bond donors (Lipinski definition) is 1. The minimum atomic E-state index is 0.0753. The molecule has 2 N–H and O–H groups in total. The molecule has 0 bridgehead atoms. The summed E-state index contributed by atoms with van der Waals surface area (Å²) in [5.74, 6) is 0. The topological polar surface area (TPSA) is 47.7 Å². The predicted molar refractivity (Wildman–Crippen MR) is 65.5 cm³/mol. The van der Waals surface area contributed by atoms with Crippen molar-refractivity contribution < 1.29 is 9.47 Å². The molecule has 4 nitrogen and oxygen atoms in total. The van der Waals surface area contributed by atoms with Crippen LogP contribution in [0.2, 0.25) is 0 Å². The summed E-state index contributed by atoms with van der Waals surface area (Å²) in [6.45, 7) is 6.39. The molecule has 0 aromatic heterocycles. The Hall–Kier alpha value is -0.160. The maximum Gasteiger partial charge on any atom is 0.0813 e. The number of rotatable bonds is 6. The molecule has 1 fully saturated rings. The fourth-order valence-electron chi connectivity index (χ4n) is 1.65. The van der Waals surface area contributed by atoms with Gasteiger partial charge in [0.25, 0.3) is 0 Å². The zero-order valence-corrected chi connectivity index (χ0v) is 11.0. The summed E-state index contributed by atoms with van der Waals surface area (Å²) in [6, 6.07) is 0. The number of ether oxygens (including phenoxy) is 2. The summed E-state index contributed by atoms with van der Waals surface area (Å²) in [6.07, 6.45) is 2.63. The predicted octanol–water partition coefficient (Wildman–Crippen LogP) is 0.849. The highest BCUT2D eigenvalue weighted by atomic mass is 16.5. The van der Waals surface area contributed by atoms with Gasteiger partial charge in [-0.1, -0.05) is 0 Å². The molecule has 0 aromatic carbocycles. The Bertz CT molecular complexity index is 207. The van der Waals surface area contributed by atoms with Crippen molar-refractivity contribution in [1.29, 1.82) is 0 Å². The Morgan fingerprint density at radius 2 is 1.94 bits per heavy atom. The van der Waals surface area contributed by atoms with Crippen LogP contribution in [0.1, 0.15) is 26.7 Å². The van der Waals surface area contributed by atoms with E-state index in [1.807, 2.05) is 0 Å². The van der Waals surface area contributed by atoms with E-state index >= 15 is 0 Å². The lowest BCUT2D eigenvalue weighted by Gasteiger charge is -2.32. The van der Waals surface area contributed by atoms with Gasteiger partial charge in [0.2, 0.25) is 0 Å². The average Bonchev–Trinajstić information content (AvgIpc) is 2.65. The first-order valence-corrected chi connectivity index (χ1v) is 6.06. The molecule has 2 unspecified atom stereocenters. The summed E-state index contributed by atoms with van der Waals surface area (Å²) in [5.41, 5.74) is 5.64. The first-order chi connectivity index (χ1) is 7.45. The van der Waals surface area contributed by atoms with Gasteiger partial charge in [-0.05, 0) is 40.8 Å². The van der Waals surface area contributed by atoms with Crippen molar-refractivity contribution in [2.45, 2.75) is 44.4 Å². The smallest absolute Gasteiger partial charge is 0.0813 e. The highest BCUT2D eigenvalue weighted by molar-refractivity contribution is 4.78. The zero-order valence-electron chi connectivity index (χ0n) is 11.0. The summed E-state index contributed by atoms with van der Waals surface area (Å²) < 4.78 is 11.5. The van der Waals surface area contributed by atoms with Crippen molar-refractivity contribution in [2.75, 3.05) is 33.9 Å². The minimum absolute atomic E-state index is 0.0753. The van der Waals surface area contributed by atoms with E-state index in [4.69, 9.17) is 15.2 Å². The van der Waals surface area contributed by atoms with Crippen LogP contribution in [0, 0.1) is 0 Å². The van der Waals surface area contributed by atoms with Gasteiger partial charge in [0.1, 0.15) is 0 Å². The molecule has 0 saturated carbocycles. The first-order valence-electron chi connectivity index (χ1n) is 6.06. The molecule has 96 valence electrons. The van der Waals surface area contributed by atoms with E-state index in [0.717, 1.165) is 19.4 Å². The molecule has 0 spiro atoms. The van der Waals surface area contributed by atoms with Crippen LogP contribution < -0.4 is 5.73 Å². The van der Waals surface area contributed by atoms with Gasteiger partial charge in [-0.3, -0.25) is 0 Å². The molecule has 16 heavy (non-hydrogen) atoms. The van der Waals surface area contributed by atoms with Crippen LogP contribution in [0.3, 0.4) is 0 Å². The fourth-order valence-corrected chi connectivity index (χ4v) is 1.65. The third kappa shape index (κ3) is 4.01. The zero-order chi connectivity index (χ0) is 12.2. The molecule has 0 amide bonds. The van der Waals surface area contributed by atoms with Gasteiger partial charge in [0.05, 0.1) is 25.4 Å². The number of hydrogen-bond acceptors (Lipinski definition) is 4. The lowest BCUT2D eigenvalue weighted by molar-refractivity contribution is -0.0361. The minimum Gasteiger partial charge on any atom is -0.377 e. The second-order valence-corrected chi connectivity index (χ2v) is 5.42. The fraction of sp³-hybridized carbons (Fsp3) is 1.00. The van der Waals surface area contributed by atoms with Crippen molar-refractivity contribution >= 4 is 0 Å². The van der Waals surface area contributed by atoms with Crippen LogP contribution in [0.15, 0.2) is 0 Å². The highest BCUT2D eigenvalue weighted by Gasteiger charge is 2.26. The Morgan fingerprint density at radius 1 is 1.31 bits per heavy atom. The van der Waals surface area contributed by atoms with Crippen LogP contribution in [0.25, 0.3) is 0 Å². The molecule has 1 rings (SSSR count). The molecule has 1 heterocycles. The monoisotopic (exact) mass is 230 g/mol. The molecule has 0 aliphatic carbocycles. The van der Waals surface area contributed by atoms with E-state index < -0.39 is 0 Å². The van der Waals surface area contributed by atoms with Gasteiger partial charge < -0.3 is 20.1 Å². The Morgan fingerprint density at radius 3 is 2.44 bits per heavy atom. The summed E-state index contributed by atoms with van der Waals surface area (Å²) in [7, 11) is 4.14. The Balaban J connectivity index is 2.17. The molecular weight excluding hydrogens is 204 g/mol. The largest absolute Gasteiger partial charge is 0.377 e. The molecule has 1 aliphatic heterocycles. The van der Waals surface area contributed by atoms with E-state index in [1.54, 1.807) is 0 Å². The van der Waals surface area contributed by atoms with Crippen LogP contribution in [-0.4, -0.2) is 56.5 Å². The highest BCUT2D eigenvalue weighted by Crippen LogP contribution is 2.19. The Labute approximate surface area is 99.1 Å². The van der Waals surface area contributed by atoms with Crippen LogP contribution >= 0.6 is 0 Å². The normalized spacial score (nSPS) is 26.6. The quantitative estimate of drug-likeness (QED) is 0.735. The van der Waals surface area contributed by atoms with Crippen molar-refractivity contribution in [3.8, 4) is 0 Å². The molecular formula is C12H26N2O2. The summed E-state index contributed by atoms with van der Waals surface area (Å²) in [4.78, 5) is 2.17. The van der Waals surface area contributed by atoms with E-state index in [9.17, 15) is 0 Å². The van der Waals surface area contributed by atoms with Crippen LogP contribution in [0.4, 0.5) is 0 Å². The van der Waals surface area contributed by atoms with Crippen molar-refractivity contribution in [2.24, 2.45) is 5.73 Å². The number of nitrogens with two attached hydrogens (primary N) is 1. The summed E-state index contributed by atoms with van der Waals surface area (Å²) >= 11 is 0. The lowest BCUT2D eigenvalue weighted by atomic mass is 10.1. The van der Waals surface area contributed by atoms with Crippen molar-refractivity contribution in [1.82, 2.24) is 4.90 Å². The molecule has 4 heteroatoms. The molecule has 0 radical (unpaired) electrons. The number of likely N-dealkylation sites (N-methyl/N-ethyl adjacent to an activating group) is 1. The maximum atomic E-state index is 5.73. The van der Waals surface area contributed by atoms with Crippen molar-refractivity contribution in [3.05, 3.63) is 0 Å². The maximum absolute atomic E-state index is 5.73. The Kier molecular flexibility index (Phi) is 5.18. The molecule has 1 saturated heterocycles. The van der Waals surface area contributed by atoms with Gasteiger partial charge in [-0.25, -0.2) is 0 Å².